The van der Waals surface area contributed by atoms with E-state index < -0.39 is 61.0 Å². The number of aromatic nitrogens is 4. The van der Waals surface area contributed by atoms with Crippen molar-refractivity contribution < 1.29 is 51.6 Å². The number of hydrogen-bond acceptors (Lipinski definition) is 13. The lowest BCUT2D eigenvalue weighted by atomic mass is 10.1. The van der Waals surface area contributed by atoms with Gasteiger partial charge < -0.3 is 20.7 Å². The number of nitrogens with zero attached hydrogens (tertiary/aromatic N) is 3. The Labute approximate surface area is 166 Å². The number of ether oxygens (including phenoxy) is 1. The highest BCUT2D eigenvalue weighted by Gasteiger charge is 2.48. The van der Waals surface area contributed by atoms with E-state index in [0.717, 1.165) is 10.9 Å². The first-order chi connectivity index (χ1) is 14.0. The van der Waals surface area contributed by atoms with E-state index in [2.05, 4.69) is 28.1 Å². The summed E-state index contributed by atoms with van der Waals surface area (Å²) in [5.41, 5.74) is 4.70. The molecule has 2 aromatic rings. The molecule has 7 unspecified atom stereocenters. The Morgan fingerprint density at radius 3 is 2.70 bits per heavy atom. The molecule has 7 atom stereocenters. The number of hydrogen-bond donors (Lipinski definition) is 6. The maximum Gasteiger partial charge on any atom is 0.708 e. The lowest BCUT2D eigenvalue weighted by Crippen LogP contribution is -2.33. The van der Waals surface area contributed by atoms with Gasteiger partial charge in [-0.1, -0.05) is 0 Å². The molecule has 0 amide bonds. The number of aliphatic hydroxyl groups excluding tert-OH is 2. The topological polar surface area (TPSA) is 259 Å². The molecular weight excluding hydrogens is 475 g/mol. The summed E-state index contributed by atoms with van der Waals surface area (Å²) in [5, 5.41) is 20.4. The minimum absolute atomic E-state index is 0.0417. The average molecular weight is 489 g/mol. The van der Waals surface area contributed by atoms with E-state index in [4.69, 9.17) is 20.3 Å². The number of nitrogens with one attached hydrogen (secondary N) is 1. The van der Waals surface area contributed by atoms with Crippen LogP contribution in [0.1, 0.15) is 6.23 Å². The second kappa shape index (κ2) is 8.78. The summed E-state index contributed by atoms with van der Waals surface area (Å²) in [6.45, 7) is -0.696. The molecule has 164 valence electrons. The van der Waals surface area contributed by atoms with Crippen LogP contribution in [0.2, 0.25) is 0 Å². The van der Waals surface area contributed by atoms with E-state index in [-0.39, 0.29) is 17.1 Å². The Morgan fingerprint density at radius 2 is 2.03 bits per heavy atom. The number of anilines is 1. The maximum atomic E-state index is 11.8. The maximum absolute atomic E-state index is 11.8. The van der Waals surface area contributed by atoms with E-state index in [1.165, 1.54) is 0 Å². The van der Waals surface area contributed by atoms with Crippen LogP contribution in [-0.2, 0) is 31.6 Å². The molecular formula is C10H14N5O12P3+2. The quantitative estimate of drug-likeness (QED) is 0.237. The molecule has 7 N–H and O–H groups in total. The summed E-state index contributed by atoms with van der Waals surface area (Å²) in [5.74, 6) is -0.225. The molecule has 2 aromatic heterocycles. The molecule has 1 aliphatic rings. The molecule has 1 aliphatic heterocycles. The molecule has 3 heterocycles. The highest BCUT2D eigenvalue weighted by Crippen LogP contribution is 2.57. The number of H-pyrrole nitrogens is 1. The lowest BCUT2D eigenvalue weighted by Gasteiger charge is -2.16. The predicted octanol–water partition coefficient (Wildman–Crippen LogP) is -1.22. The molecule has 0 spiro atoms. The second-order valence-electron chi connectivity index (χ2n) is 5.71. The molecule has 0 radical (unpaired) electrons. The van der Waals surface area contributed by atoms with E-state index in [1.807, 2.05) is 0 Å². The van der Waals surface area contributed by atoms with Crippen LogP contribution in [0.3, 0.4) is 0 Å². The molecule has 17 nitrogen and oxygen atoms in total. The molecule has 1 fully saturated rings. The highest BCUT2D eigenvalue weighted by molar-refractivity contribution is 7.61. The first-order valence-corrected chi connectivity index (χ1v) is 11.4. The van der Waals surface area contributed by atoms with E-state index in [1.54, 1.807) is 0 Å². The lowest BCUT2D eigenvalue weighted by molar-refractivity contribution is -0.0476. The Morgan fingerprint density at radius 1 is 1.33 bits per heavy atom. The minimum atomic E-state index is -5.14. The van der Waals surface area contributed by atoms with Crippen LogP contribution in [0.5, 0.6) is 0 Å². The zero-order valence-electron chi connectivity index (χ0n) is 14.4. The summed E-state index contributed by atoms with van der Waals surface area (Å²) in [6.07, 6.45) is -4.63. The van der Waals surface area contributed by atoms with Gasteiger partial charge in [-0.2, -0.15) is 4.98 Å². The van der Waals surface area contributed by atoms with Gasteiger partial charge >= 0.3 is 24.3 Å². The first-order valence-electron chi connectivity index (χ1n) is 7.71. The Hall–Kier alpha value is -1.74. The van der Waals surface area contributed by atoms with Gasteiger partial charge in [-0.25, -0.2) is 9.55 Å². The minimum Gasteiger partial charge on any atom is -0.387 e. The molecule has 0 bridgehead atoms. The smallest absolute Gasteiger partial charge is 0.387 e. The van der Waals surface area contributed by atoms with Crippen LogP contribution in [0.4, 0.5) is 5.95 Å². The Balaban J connectivity index is 1.69. The first kappa shape index (κ1) is 22.9. The van der Waals surface area contributed by atoms with Crippen LogP contribution in [-0.4, -0.2) is 64.4 Å². The standard InChI is InChI=1S/C10H12N5O12P3/c11-10-13-7-4(8(18)14-10)12-2-15(7)9-6(17)5(16)3(25-9)1-24-29(21)27-30(22,23)26-28(19)20/h2-3,5-6,9,16-17H,1H2,(H3-2,11,13,14,18,19,20,22,23)/p+2. The summed E-state index contributed by atoms with van der Waals surface area (Å²) in [7, 11) is -12.0. The average Bonchev–Trinajstić information content (AvgIpc) is 3.14. The number of imidazole rings is 1. The van der Waals surface area contributed by atoms with Crippen molar-refractivity contribution in [3.8, 4) is 0 Å². The van der Waals surface area contributed by atoms with Crippen LogP contribution in [0, 0.1) is 0 Å². The van der Waals surface area contributed by atoms with Gasteiger partial charge in [0.05, 0.1) is 6.33 Å². The van der Waals surface area contributed by atoms with Crippen molar-refractivity contribution in [1.29, 1.82) is 0 Å². The third kappa shape index (κ3) is 4.94. The molecule has 1 saturated heterocycles. The van der Waals surface area contributed by atoms with Crippen molar-refractivity contribution in [2.45, 2.75) is 24.5 Å². The van der Waals surface area contributed by atoms with Gasteiger partial charge in [-0.3, -0.25) is 19.2 Å². The highest BCUT2D eigenvalue weighted by atomic mass is 31.3. The summed E-state index contributed by atoms with van der Waals surface area (Å²) < 4.78 is 52.1. The number of nitrogens with two attached hydrogens (primary N) is 1. The molecule has 3 rings (SSSR count). The number of aliphatic hydroxyl groups is 2. The Bertz CT molecular complexity index is 1090. The van der Waals surface area contributed by atoms with E-state index >= 15 is 0 Å². The predicted molar refractivity (Wildman–Crippen MR) is 93.9 cm³/mol. The summed E-state index contributed by atoms with van der Waals surface area (Å²) in [4.78, 5) is 39.3. The second-order valence-corrected chi connectivity index (χ2v) is 9.14. The van der Waals surface area contributed by atoms with Gasteiger partial charge in [0, 0.05) is 17.8 Å². The van der Waals surface area contributed by atoms with Crippen LogP contribution in [0.15, 0.2) is 11.1 Å². The van der Waals surface area contributed by atoms with Crippen molar-refractivity contribution in [2.75, 3.05) is 12.3 Å². The van der Waals surface area contributed by atoms with Crippen molar-refractivity contribution in [3.63, 3.8) is 0 Å². The summed E-state index contributed by atoms with van der Waals surface area (Å²) in [6, 6.07) is 0. The van der Waals surface area contributed by atoms with Crippen molar-refractivity contribution in [3.05, 3.63) is 16.7 Å². The number of aromatic amines is 1. The fourth-order valence-corrected chi connectivity index (χ4v) is 4.80. The number of rotatable bonds is 8. The van der Waals surface area contributed by atoms with Gasteiger partial charge in [0.1, 0.15) is 24.9 Å². The zero-order chi connectivity index (χ0) is 22.2. The van der Waals surface area contributed by atoms with Gasteiger partial charge in [-0.05, 0) is 0 Å². The van der Waals surface area contributed by atoms with Crippen LogP contribution in [0.25, 0.3) is 11.2 Å². The normalized spacial score (nSPS) is 27.2. The third-order valence-corrected chi connectivity index (χ3v) is 6.85. The zero-order valence-corrected chi connectivity index (χ0v) is 17.1. The van der Waals surface area contributed by atoms with E-state index in [9.17, 15) is 28.7 Å². The van der Waals surface area contributed by atoms with Crippen LogP contribution < -0.4 is 11.3 Å². The fraction of sp³-hybridized carbons (Fsp3) is 0.500. The van der Waals surface area contributed by atoms with Gasteiger partial charge in [-0.15, -0.1) is 9.42 Å². The van der Waals surface area contributed by atoms with Crippen molar-refractivity contribution in [1.82, 2.24) is 19.5 Å². The number of nitrogen functional groups attached to an aromatic ring is 1. The van der Waals surface area contributed by atoms with Crippen LogP contribution >= 0.6 is 24.3 Å². The largest absolute Gasteiger partial charge is 0.708 e. The van der Waals surface area contributed by atoms with Gasteiger partial charge in [0.15, 0.2) is 17.4 Å². The van der Waals surface area contributed by atoms with Gasteiger partial charge in [0.2, 0.25) is 5.95 Å². The molecule has 20 heteroatoms. The monoisotopic (exact) mass is 489 g/mol. The molecule has 0 aliphatic carbocycles. The SMILES string of the molecule is Nc1nc2c(ncn2C2OC(CO[P+](=O)OP(=O)(O)O[P+](=O)O)C(O)C2O)c(=O)[nH]1. The molecule has 30 heavy (non-hydrogen) atoms. The Kier molecular flexibility index (Phi) is 6.72. The number of fused-ring (bicyclic) bond motifs is 1. The fourth-order valence-electron chi connectivity index (χ4n) is 2.57. The van der Waals surface area contributed by atoms with Crippen molar-refractivity contribution in [2.24, 2.45) is 0 Å². The summed E-state index contributed by atoms with van der Waals surface area (Å²) >= 11 is 0. The number of phosphoric acid groups is 1. The third-order valence-electron chi connectivity index (χ3n) is 3.75. The molecule has 0 saturated carbocycles. The molecule has 0 aromatic carbocycles. The van der Waals surface area contributed by atoms with Gasteiger partial charge in [0.25, 0.3) is 5.56 Å². The van der Waals surface area contributed by atoms with E-state index in [0.29, 0.717) is 0 Å². The van der Waals surface area contributed by atoms with Crippen molar-refractivity contribution >= 4 is 41.4 Å².